The highest BCUT2D eigenvalue weighted by Crippen LogP contribution is 2.27. The van der Waals surface area contributed by atoms with E-state index in [1.165, 1.54) is 11.3 Å². The van der Waals surface area contributed by atoms with E-state index in [1.54, 1.807) is 0 Å². The number of nitrogens with one attached hydrogen (secondary N) is 2. The molecule has 25 heavy (non-hydrogen) atoms. The summed E-state index contributed by atoms with van der Waals surface area (Å²) in [6.07, 6.45) is 5.32. The molecule has 3 rings (SSSR count). The van der Waals surface area contributed by atoms with E-state index in [0.717, 1.165) is 56.4 Å². The second kappa shape index (κ2) is 8.30. The minimum absolute atomic E-state index is 0.0534. The maximum atomic E-state index is 12.6. The average molecular weight is 340 g/mol. The lowest BCUT2D eigenvalue weighted by atomic mass is 9.95. The van der Waals surface area contributed by atoms with Crippen LogP contribution in [0.15, 0.2) is 24.3 Å². The van der Waals surface area contributed by atoms with Gasteiger partial charge in [0.05, 0.1) is 5.69 Å². The van der Waals surface area contributed by atoms with Crippen molar-refractivity contribution in [2.75, 3.05) is 19.6 Å². The summed E-state index contributed by atoms with van der Waals surface area (Å²) in [5.74, 6) is -0.0534. The van der Waals surface area contributed by atoms with Crippen LogP contribution in [0.3, 0.4) is 0 Å². The summed E-state index contributed by atoms with van der Waals surface area (Å²) in [6.45, 7) is 6.61. The van der Waals surface area contributed by atoms with Crippen molar-refractivity contribution >= 4 is 5.91 Å². The Hall–Kier alpha value is -2.14. The number of carbonyl (C=O) groups is 1. The zero-order valence-corrected chi connectivity index (χ0v) is 15.3. The maximum Gasteiger partial charge on any atom is 0.272 e. The van der Waals surface area contributed by atoms with Crippen LogP contribution >= 0.6 is 0 Å². The molecule has 2 aromatic rings. The first kappa shape index (κ1) is 17.7. The lowest BCUT2D eigenvalue weighted by Gasteiger charge is -2.14. The molecular weight excluding hydrogens is 312 g/mol. The standard InChI is InChI=1S/C20H28N4O/c1-3-12-21-13-14-22-20(25)19-17-6-4-5-7-18(17)24(23-19)16-10-8-15(2)9-11-16/h8-11,21H,3-7,12-14H2,1-2H3,(H,22,25). The fourth-order valence-corrected chi connectivity index (χ4v) is 3.33. The lowest BCUT2D eigenvalue weighted by Crippen LogP contribution is -2.32. The SMILES string of the molecule is CCCNCCNC(=O)c1nn(-c2ccc(C)cc2)c2c1CCCC2. The molecule has 0 aliphatic heterocycles. The molecule has 1 aromatic carbocycles. The molecule has 5 nitrogen and oxygen atoms in total. The van der Waals surface area contributed by atoms with Crippen molar-refractivity contribution in [3.8, 4) is 5.69 Å². The number of carbonyl (C=O) groups excluding carboxylic acids is 1. The molecule has 1 aromatic heterocycles. The van der Waals surface area contributed by atoms with Gasteiger partial charge in [0.1, 0.15) is 0 Å². The summed E-state index contributed by atoms with van der Waals surface area (Å²) < 4.78 is 1.97. The van der Waals surface area contributed by atoms with Gasteiger partial charge in [-0.15, -0.1) is 0 Å². The second-order valence-corrected chi connectivity index (χ2v) is 6.73. The largest absolute Gasteiger partial charge is 0.349 e. The molecule has 1 heterocycles. The van der Waals surface area contributed by atoms with Crippen LogP contribution in [0.25, 0.3) is 5.69 Å². The minimum Gasteiger partial charge on any atom is -0.349 e. The molecule has 134 valence electrons. The van der Waals surface area contributed by atoms with Crippen LogP contribution in [0.4, 0.5) is 0 Å². The smallest absolute Gasteiger partial charge is 0.272 e. The van der Waals surface area contributed by atoms with Gasteiger partial charge in [-0.25, -0.2) is 4.68 Å². The third-order valence-corrected chi connectivity index (χ3v) is 4.69. The van der Waals surface area contributed by atoms with E-state index in [0.29, 0.717) is 12.2 Å². The van der Waals surface area contributed by atoms with Crippen molar-refractivity contribution in [2.24, 2.45) is 0 Å². The van der Waals surface area contributed by atoms with Gasteiger partial charge in [-0.05, 0) is 57.7 Å². The Balaban J connectivity index is 1.80. The van der Waals surface area contributed by atoms with Gasteiger partial charge in [0.2, 0.25) is 0 Å². The first-order valence-corrected chi connectivity index (χ1v) is 9.37. The van der Waals surface area contributed by atoms with Crippen LogP contribution in [0, 0.1) is 6.92 Å². The molecule has 0 saturated carbocycles. The zero-order chi connectivity index (χ0) is 17.6. The van der Waals surface area contributed by atoms with Gasteiger partial charge in [-0.2, -0.15) is 5.10 Å². The third kappa shape index (κ3) is 4.10. The summed E-state index contributed by atoms with van der Waals surface area (Å²) in [6, 6.07) is 8.33. The van der Waals surface area contributed by atoms with Gasteiger partial charge in [0.15, 0.2) is 5.69 Å². The molecule has 1 aliphatic carbocycles. The Kier molecular flexibility index (Phi) is 5.87. The van der Waals surface area contributed by atoms with Crippen LogP contribution in [-0.2, 0) is 12.8 Å². The van der Waals surface area contributed by atoms with Gasteiger partial charge >= 0.3 is 0 Å². The zero-order valence-electron chi connectivity index (χ0n) is 15.3. The van der Waals surface area contributed by atoms with Crippen molar-refractivity contribution in [1.29, 1.82) is 0 Å². The minimum atomic E-state index is -0.0534. The van der Waals surface area contributed by atoms with Gasteiger partial charge in [0.25, 0.3) is 5.91 Å². The summed E-state index contributed by atoms with van der Waals surface area (Å²) in [4.78, 5) is 12.6. The molecule has 0 fully saturated rings. The highest BCUT2D eigenvalue weighted by Gasteiger charge is 2.25. The summed E-state index contributed by atoms with van der Waals surface area (Å²) in [5, 5.41) is 11.0. The fourth-order valence-electron chi connectivity index (χ4n) is 3.33. The summed E-state index contributed by atoms with van der Waals surface area (Å²) >= 11 is 0. The van der Waals surface area contributed by atoms with Crippen molar-refractivity contribution in [1.82, 2.24) is 20.4 Å². The molecule has 0 unspecified atom stereocenters. The van der Waals surface area contributed by atoms with E-state index in [9.17, 15) is 4.79 Å². The van der Waals surface area contributed by atoms with Gasteiger partial charge in [-0.1, -0.05) is 24.6 Å². The topological polar surface area (TPSA) is 58.9 Å². The van der Waals surface area contributed by atoms with E-state index in [1.807, 2.05) is 4.68 Å². The van der Waals surface area contributed by atoms with Crippen molar-refractivity contribution in [2.45, 2.75) is 46.0 Å². The molecule has 0 bridgehead atoms. The number of hydrogen-bond donors (Lipinski definition) is 2. The van der Waals surface area contributed by atoms with Crippen molar-refractivity contribution in [3.05, 3.63) is 46.8 Å². The van der Waals surface area contributed by atoms with Crippen molar-refractivity contribution < 1.29 is 4.79 Å². The third-order valence-electron chi connectivity index (χ3n) is 4.69. The van der Waals surface area contributed by atoms with Crippen LogP contribution in [0.5, 0.6) is 0 Å². The van der Waals surface area contributed by atoms with Crippen LogP contribution < -0.4 is 10.6 Å². The van der Waals surface area contributed by atoms with Crippen LogP contribution in [-0.4, -0.2) is 35.3 Å². The van der Waals surface area contributed by atoms with E-state index in [2.05, 4.69) is 48.7 Å². The average Bonchev–Trinajstić information content (AvgIpc) is 3.02. The number of nitrogens with zero attached hydrogens (tertiary/aromatic N) is 2. The fraction of sp³-hybridized carbons (Fsp3) is 0.500. The van der Waals surface area contributed by atoms with Crippen molar-refractivity contribution in [3.63, 3.8) is 0 Å². The Morgan fingerprint density at radius 2 is 1.88 bits per heavy atom. The number of amides is 1. The number of rotatable bonds is 7. The lowest BCUT2D eigenvalue weighted by molar-refractivity contribution is 0.0947. The molecule has 1 aliphatic rings. The monoisotopic (exact) mass is 340 g/mol. The van der Waals surface area contributed by atoms with Gasteiger partial charge in [0, 0.05) is 24.3 Å². The molecule has 0 saturated heterocycles. The van der Waals surface area contributed by atoms with Gasteiger partial charge in [-0.3, -0.25) is 4.79 Å². The first-order chi connectivity index (χ1) is 12.2. The number of benzene rings is 1. The van der Waals surface area contributed by atoms with Crippen LogP contribution in [0.1, 0.15) is 53.5 Å². The van der Waals surface area contributed by atoms with Crippen LogP contribution in [0.2, 0.25) is 0 Å². The molecule has 0 spiro atoms. The number of aryl methyl sites for hydroxylation is 1. The predicted molar refractivity (Wildman–Crippen MR) is 100 cm³/mol. The summed E-state index contributed by atoms with van der Waals surface area (Å²) in [5.41, 5.74) is 5.19. The quantitative estimate of drug-likeness (QED) is 0.762. The molecule has 0 atom stereocenters. The number of fused-ring (bicyclic) bond motifs is 1. The number of hydrogen-bond acceptors (Lipinski definition) is 3. The normalized spacial score (nSPS) is 13.5. The summed E-state index contributed by atoms with van der Waals surface area (Å²) in [7, 11) is 0. The molecular formula is C20H28N4O. The Morgan fingerprint density at radius 1 is 1.12 bits per heavy atom. The van der Waals surface area contributed by atoms with E-state index in [-0.39, 0.29) is 5.91 Å². The molecule has 0 radical (unpaired) electrons. The maximum absolute atomic E-state index is 12.6. The van der Waals surface area contributed by atoms with Gasteiger partial charge < -0.3 is 10.6 Å². The number of aromatic nitrogens is 2. The second-order valence-electron chi connectivity index (χ2n) is 6.73. The molecule has 1 amide bonds. The molecule has 5 heteroatoms. The van der Waals surface area contributed by atoms with E-state index in [4.69, 9.17) is 5.10 Å². The van der Waals surface area contributed by atoms with E-state index >= 15 is 0 Å². The highest BCUT2D eigenvalue weighted by molar-refractivity contribution is 5.94. The highest BCUT2D eigenvalue weighted by atomic mass is 16.1. The first-order valence-electron chi connectivity index (χ1n) is 9.37. The molecule has 2 N–H and O–H groups in total. The Morgan fingerprint density at radius 3 is 2.64 bits per heavy atom. The Labute approximate surface area is 149 Å². The van der Waals surface area contributed by atoms with E-state index < -0.39 is 0 Å². The Bertz CT molecular complexity index is 718. The predicted octanol–water partition coefficient (Wildman–Crippen LogP) is 2.79.